The van der Waals surface area contributed by atoms with E-state index in [9.17, 15) is 18.4 Å². The zero-order chi connectivity index (χ0) is 26.7. The molecule has 0 aromatic heterocycles. The minimum Gasteiger partial charge on any atom is -0.489 e. The molecule has 0 spiro atoms. The van der Waals surface area contributed by atoms with E-state index in [-0.39, 0.29) is 36.0 Å². The van der Waals surface area contributed by atoms with Crippen molar-refractivity contribution < 1.29 is 27.8 Å². The van der Waals surface area contributed by atoms with Crippen LogP contribution in [-0.4, -0.2) is 12.6 Å². The second kappa shape index (κ2) is 12.9. The topological polar surface area (TPSA) is 52.6 Å². The van der Waals surface area contributed by atoms with Crippen LogP contribution in [0.3, 0.4) is 0 Å². The Kier molecular flexibility index (Phi) is 8.92. The molecule has 0 radical (unpaired) electrons. The predicted molar refractivity (Wildman–Crippen MR) is 142 cm³/mol. The van der Waals surface area contributed by atoms with Gasteiger partial charge in [-0.05, 0) is 59.7 Å². The summed E-state index contributed by atoms with van der Waals surface area (Å²) in [5.74, 6) is 0.421. The van der Waals surface area contributed by atoms with Crippen molar-refractivity contribution in [2.24, 2.45) is 0 Å². The average Bonchev–Trinajstić information content (AvgIpc) is 2.95. The molecule has 0 saturated carbocycles. The highest BCUT2D eigenvalue weighted by Crippen LogP contribution is 2.21. The number of hydrogen-bond donors (Lipinski definition) is 0. The summed E-state index contributed by atoms with van der Waals surface area (Å²) in [7, 11) is 0. The monoisotopic (exact) mass is 510 g/mol. The number of hydrogen-bond acceptors (Lipinski definition) is 4. The van der Waals surface area contributed by atoms with E-state index in [4.69, 9.17) is 9.47 Å². The fourth-order valence-electron chi connectivity index (χ4n) is 3.60. The Morgan fingerprint density at radius 3 is 1.26 bits per heavy atom. The van der Waals surface area contributed by atoms with E-state index in [2.05, 4.69) is 0 Å². The summed E-state index contributed by atoms with van der Waals surface area (Å²) in [5, 5.41) is 0. The van der Waals surface area contributed by atoms with Gasteiger partial charge in [0.05, 0.1) is 0 Å². The summed E-state index contributed by atoms with van der Waals surface area (Å²) in [6, 6.07) is 26.6. The van der Waals surface area contributed by atoms with Crippen molar-refractivity contribution in [3.05, 3.63) is 142 Å². The highest BCUT2D eigenvalue weighted by Gasteiger charge is 2.07. The van der Waals surface area contributed by atoms with Crippen LogP contribution in [0, 0.1) is 11.6 Å². The molecule has 4 aromatic carbocycles. The number of carbonyl (C=O) groups excluding carboxylic acids is 2. The molecule has 0 N–H and O–H groups in total. The van der Waals surface area contributed by atoms with Gasteiger partial charge in [0, 0.05) is 22.3 Å². The Bertz CT molecular complexity index is 1340. The number of rotatable bonds is 11. The first kappa shape index (κ1) is 26.2. The van der Waals surface area contributed by atoms with Gasteiger partial charge in [0.25, 0.3) is 0 Å². The first-order valence-electron chi connectivity index (χ1n) is 11.8. The standard InChI is InChI=1S/C32H24F2O4/c33-31-7-3-1-5-25(31)21-37-29-13-9-23(10-14-29)17-27(19-35)28(20-36)18-24-11-15-30(16-12-24)38-22-26-6-2-4-8-32(26)34/h1-20H,21-22H2. The summed E-state index contributed by atoms with van der Waals surface area (Å²) >= 11 is 0. The van der Waals surface area contributed by atoms with Crippen LogP contribution in [0.25, 0.3) is 12.2 Å². The largest absolute Gasteiger partial charge is 0.489 e. The van der Waals surface area contributed by atoms with E-state index in [0.29, 0.717) is 46.3 Å². The van der Waals surface area contributed by atoms with Crippen molar-refractivity contribution in [1.82, 2.24) is 0 Å². The lowest BCUT2D eigenvalue weighted by Crippen LogP contribution is -1.98. The first-order chi connectivity index (χ1) is 18.6. The molecule has 0 aliphatic heterocycles. The van der Waals surface area contributed by atoms with E-state index < -0.39 is 0 Å². The molecule has 190 valence electrons. The van der Waals surface area contributed by atoms with Crippen molar-refractivity contribution in [2.45, 2.75) is 13.2 Å². The number of carbonyl (C=O) groups is 2. The van der Waals surface area contributed by atoms with Gasteiger partial charge in [0.15, 0.2) is 12.6 Å². The number of halogens is 2. The van der Waals surface area contributed by atoms with Gasteiger partial charge in [-0.25, -0.2) is 8.78 Å². The van der Waals surface area contributed by atoms with Crippen LogP contribution in [-0.2, 0) is 22.8 Å². The van der Waals surface area contributed by atoms with Gasteiger partial charge >= 0.3 is 0 Å². The van der Waals surface area contributed by atoms with Crippen molar-refractivity contribution in [2.75, 3.05) is 0 Å². The highest BCUT2D eigenvalue weighted by atomic mass is 19.1. The van der Waals surface area contributed by atoms with Crippen molar-refractivity contribution >= 4 is 24.7 Å². The molecule has 4 rings (SSSR count). The molecule has 0 amide bonds. The fourth-order valence-corrected chi connectivity index (χ4v) is 3.60. The number of ether oxygens (including phenoxy) is 2. The lowest BCUT2D eigenvalue weighted by molar-refractivity contribution is -0.107. The summed E-state index contributed by atoms with van der Waals surface area (Å²) < 4.78 is 38.8. The van der Waals surface area contributed by atoms with E-state index in [1.165, 1.54) is 12.1 Å². The third-order valence-electron chi connectivity index (χ3n) is 5.70. The molecule has 0 aliphatic rings. The van der Waals surface area contributed by atoms with Gasteiger partial charge in [-0.3, -0.25) is 9.59 Å². The fraction of sp³-hybridized carbons (Fsp3) is 0.0625. The maximum absolute atomic E-state index is 13.8. The van der Waals surface area contributed by atoms with Crippen LogP contribution in [0.1, 0.15) is 22.3 Å². The molecule has 0 aliphatic carbocycles. The second-order valence-electron chi connectivity index (χ2n) is 8.33. The Morgan fingerprint density at radius 1 is 0.553 bits per heavy atom. The zero-order valence-electron chi connectivity index (χ0n) is 20.4. The van der Waals surface area contributed by atoms with Gasteiger partial charge in [-0.1, -0.05) is 60.7 Å². The smallest absolute Gasteiger partial charge is 0.150 e. The van der Waals surface area contributed by atoms with Gasteiger partial charge in [0.2, 0.25) is 0 Å². The Morgan fingerprint density at radius 2 is 0.921 bits per heavy atom. The molecule has 4 nitrogen and oxygen atoms in total. The molecule has 0 saturated heterocycles. The van der Waals surface area contributed by atoms with Gasteiger partial charge in [0.1, 0.15) is 36.3 Å². The average molecular weight is 511 g/mol. The van der Waals surface area contributed by atoms with Crippen LogP contribution < -0.4 is 9.47 Å². The lowest BCUT2D eigenvalue weighted by Gasteiger charge is -2.08. The Labute approximate surface area is 219 Å². The maximum atomic E-state index is 13.8. The quantitative estimate of drug-likeness (QED) is 0.124. The molecular weight excluding hydrogens is 486 g/mol. The van der Waals surface area contributed by atoms with Gasteiger partial charge in [-0.15, -0.1) is 0 Å². The van der Waals surface area contributed by atoms with Crippen LogP contribution in [0.15, 0.2) is 108 Å². The molecule has 38 heavy (non-hydrogen) atoms. The van der Waals surface area contributed by atoms with E-state index >= 15 is 0 Å². The van der Waals surface area contributed by atoms with Crippen molar-refractivity contribution in [3.63, 3.8) is 0 Å². The third-order valence-corrected chi connectivity index (χ3v) is 5.70. The number of allylic oxidation sites excluding steroid dienone is 2. The van der Waals surface area contributed by atoms with E-state index in [1.807, 2.05) is 0 Å². The molecular formula is C32H24F2O4. The number of benzene rings is 4. The van der Waals surface area contributed by atoms with E-state index in [0.717, 1.165) is 0 Å². The SMILES string of the molecule is O=CC(=Cc1ccc(OCc2ccccc2F)cc1)C(C=O)=Cc1ccc(OCc2ccccc2F)cc1. The molecule has 0 heterocycles. The molecule has 0 bridgehead atoms. The second-order valence-corrected chi connectivity index (χ2v) is 8.33. The summed E-state index contributed by atoms with van der Waals surface area (Å²) in [6.07, 6.45) is 4.43. The predicted octanol–water partition coefficient (Wildman–Crippen LogP) is 6.99. The van der Waals surface area contributed by atoms with Gasteiger partial charge in [-0.2, -0.15) is 0 Å². The lowest BCUT2D eigenvalue weighted by atomic mass is 10.0. The minimum absolute atomic E-state index is 0.0897. The van der Waals surface area contributed by atoms with Crippen LogP contribution in [0.4, 0.5) is 8.78 Å². The summed E-state index contributed by atoms with van der Waals surface area (Å²) in [4.78, 5) is 23.6. The van der Waals surface area contributed by atoms with Crippen molar-refractivity contribution in [1.29, 1.82) is 0 Å². The maximum Gasteiger partial charge on any atom is 0.150 e. The Balaban J connectivity index is 1.41. The van der Waals surface area contributed by atoms with Gasteiger partial charge < -0.3 is 9.47 Å². The zero-order valence-corrected chi connectivity index (χ0v) is 20.4. The van der Waals surface area contributed by atoms with Crippen LogP contribution in [0.5, 0.6) is 11.5 Å². The van der Waals surface area contributed by atoms with E-state index in [1.54, 1.807) is 97.1 Å². The van der Waals surface area contributed by atoms with Crippen LogP contribution >= 0.6 is 0 Å². The molecule has 4 aromatic rings. The third kappa shape index (κ3) is 7.11. The summed E-state index contributed by atoms with van der Waals surface area (Å²) in [6.45, 7) is 0.179. The summed E-state index contributed by atoms with van der Waals surface area (Å²) in [5.41, 5.74) is 2.69. The molecule has 0 unspecified atom stereocenters. The molecule has 0 atom stereocenters. The Hall–Kier alpha value is -4.84. The highest BCUT2D eigenvalue weighted by molar-refractivity contribution is 6.02. The molecule has 6 heteroatoms. The van der Waals surface area contributed by atoms with Crippen molar-refractivity contribution in [3.8, 4) is 11.5 Å². The van der Waals surface area contributed by atoms with Crippen LogP contribution in [0.2, 0.25) is 0 Å². The first-order valence-corrected chi connectivity index (χ1v) is 11.8. The molecule has 0 fully saturated rings. The number of aldehydes is 2. The normalized spacial score (nSPS) is 11.6. The minimum atomic E-state index is -0.333.